The quantitative estimate of drug-likeness (QED) is 0.693. The Balaban J connectivity index is 2.16. The van der Waals surface area contributed by atoms with Crippen molar-refractivity contribution < 1.29 is 9.59 Å². The number of carbonyl (C=O) groups excluding carboxylic acids is 2. The zero-order valence-electron chi connectivity index (χ0n) is 9.87. The van der Waals surface area contributed by atoms with Gasteiger partial charge < -0.3 is 16.0 Å². The van der Waals surface area contributed by atoms with Gasteiger partial charge in [0.05, 0.1) is 0 Å². The first kappa shape index (κ1) is 12.8. The number of nitrogens with zero attached hydrogens (tertiary/aromatic N) is 1. The second-order valence-electron chi connectivity index (χ2n) is 4.50. The van der Waals surface area contributed by atoms with Crippen LogP contribution in [0.2, 0.25) is 0 Å². The Morgan fingerprint density at radius 2 is 2.25 bits per heavy atom. The highest BCUT2D eigenvalue weighted by molar-refractivity contribution is 5.75. The number of amides is 3. The Labute approximate surface area is 96.4 Å². The molecule has 1 fully saturated rings. The third-order valence-corrected chi connectivity index (χ3v) is 2.82. The highest BCUT2D eigenvalue weighted by Crippen LogP contribution is 2.15. The Hall–Kier alpha value is -1.26. The van der Waals surface area contributed by atoms with Gasteiger partial charge in [-0.2, -0.15) is 0 Å². The normalized spacial score (nSPS) is 20.6. The average molecular weight is 227 g/mol. The lowest BCUT2D eigenvalue weighted by Crippen LogP contribution is -2.45. The number of piperidine rings is 1. The summed E-state index contributed by atoms with van der Waals surface area (Å²) in [6.45, 7) is 4.35. The molecule has 3 amide bonds. The summed E-state index contributed by atoms with van der Waals surface area (Å²) in [4.78, 5) is 24.0. The van der Waals surface area contributed by atoms with E-state index in [0.29, 0.717) is 25.3 Å². The summed E-state index contributed by atoms with van der Waals surface area (Å²) in [6, 6.07) is -0.0176. The SMILES string of the molecule is CC1CCCN(C(=O)NCCCC(N)=O)C1. The lowest BCUT2D eigenvalue weighted by Gasteiger charge is -2.30. The minimum absolute atomic E-state index is 0.0176. The van der Waals surface area contributed by atoms with Crippen LogP contribution < -0.4 is 11.1 Å². The van der Waals surface area contributed by atoms with Crippen LogP contribution in [0, 0.1) is 5.92 Å². The minimum atomic E-state index is -0.319. The molecule has 0 aliphatic carbocycles. The van der Waals surface area contributed by atoms with Crippen LogP contribution in [-0.4, -0.2) is 36.5 Å². The molecule has 0 aromatic heterocycles. The van der Waals surface area contributed by atoms with Crippen molar-refractivity contribution in [3.8, 4) is 0 Å². The highest BCUT2D eigenvalue weighted by atomic mass is 16.2. The zero-order chi connectivity index (χ0) is 12.0. The van der Waals surface area contributed by atoms with Crippen LogP contribution in [-0.2, 0) is 4.79 Å². The molecular formula is C11H21N3O2. The van der Waals surface area contributed by atoms with E-state index in [1.165, 1.54) is 6.42 Å². The van der Waals surface area contributed by atoms with E-state index < -0.39 is 0 Å². The summed E-state index contributed by atoms with van der Waals surface area (Å²) in [5, 5.41) is 2.81. The monoisotopic (exact) mass is 227 g/mol. The van der Waals surface area contributed by atoms with Gasteiger partial charge in [-0.25, -0.2) is 4.79 Å². The van der Waals surface area contributed by atoms with Crippen LogP contribution in [0.4, 0.5) is 4.79 Å². The molecule has 1 atom stereocenters. The molecular weight excluding hydrogens is 206 g/mol. The summed E-state index contributed by atoms with van der Waals surface area (Å²) in [5.41, 5.74) is 5.01. The van der Waals surface area contributed by atoms with Gasteiger partial charge in [0.2, 0.25) is 5.91 Å². The molecule has 1 rings (SSSR count). The van der Waals surface area contributed by atoms with Gasteiger partial charge in [0.1, 0.15) is 0 Å². The Morgan fingerprint density at radius 1 is 1.50 bits per heavy atom. The fraction of sp³-hybridized carbons (Fsp3) is 0.818. The minimum Gasteiger partial charge on any atom is -0.370 e. The van der Waals surface area contributed by atoms with Crippen LogP contribution in [0.1, 0.15) is 32.6 Å². The van der Waals surface area contributed by atoms with Gasteiger partial charge in [0, 0.05) is 26.1 Å². The van der Waals surface area contributed by atoms with Crippen LogP contribution in [0.5, 0.6) is 0 Å². The molecule has 1 saturated heterocycles. The summed E-state index contributed by atoms with van der Waals surface area (Å²) < 4.78 is 0. The molecule has 0 aromatic carbocycles. The largest absolute Gasteiger partial charge is 0.370 e. The van der Waals surface area contributed by atoms with Crippen LogP contribution in [0.25, 0.3) is 0 Å². The third kappa shape index (κ3) is 4.51. The second-order valence-corrected chi connectivity index (χ2v) is 4.50. The van der Waals surface area contributed by atoms with Gasteiger partial charge in [-0.1, -0.05) is 6.92 Å². The molecule has 1 heterocycles. The number of nitrogens with one attached hydrogen (secondary N) is 1. The van der Waals surface area contributed by atoms with E-state index >= 15 is 0 Å². The predicted octanol–water partition coefficient (Wildman–Crippen LogP) is 0.693. The highest BCUT2D eigenvalue weighted by Gasteiger charge is 2.20. The first-order chi connectivity index (χ1) is 7.59. The van der Waals surface area contributed by atoms with Crippen LogP contribution in [0.3, 0.4) is 0 Å². The van der Waals surface area contributed by atoms with Crippen molar-refractivity contribution >= 4 is 11.9 Å². The second kappa shape index (κ2) is 6.35. The maximum Gasteiger partial charge on any atom is 0.317 e. The van der Waals surface area contributed by atoms with Gasteiger partial charge >= 0.3 is 6.03 Å². The van der Waals surface area contributed by atoms with Crippen molar-refractivity contribution in [2.75, 3.05) is 19.6 Å². The fourth-order valence-corrected chi connectivity index (χ4v) is 1.94. The van der Waals surface area contributed by atoms with Crippen molar-refractivity contribution in [2.45, 2.75) is 32.6 Å². The molecule has 3 N–H and O–H groups in total. The summed E-state index contributed by atoms with van der Waals surface area (Å²) in [6.07, 6.45) is 3.22. The predicted molar refractivity (Wildman–Crippen MR) is 61.8 cm³/mol. The molecule has 16 heavy (non-hydrogen) atoms. The van der Waals surface area contributed by atoms with Gasteiger partial charge in [-0.3, -0.25) is 4.79 Å². The Kier molecular flexibility index (Phi) is 5.08. The van der Waals surface area contributed by atoms with Gasteiger partial charge in [0.15, 0.2) is 0 Å². The van der Waals surface area contributed by atoms with Crippen molar-refractivity contribution in [2.24, 2.45) is 11.7 Å². The molecule has 5 heteroatoms. The van der Waals surface area contributed by atoms with Crippen molar-refractivity contribution in [1.82, 2.24) is 10.2 Å². The van der Waals surface area contributed by atoms with E-state index in [4.69, 9.17) is 5.73 Å². The Morgan fingerprint density at radius 3 is 2.88 bits per heavy atom. The smallest absolute Gasteiger partial charge is 0.317 e. The number of urea groups is 1. The molecule has 1 unspecified atom stereocenters. The molecule has 0 aromatic rings. The van der Waals surface area contributed by atoms with Crippen molar-refractivity contribution in [1.29, 1.82) is 0 Å². The summed E-state index contributed by atoms with van der Waals surface area (Å²) in [5.74, 6) is 0.269. The standard InChI is InChI=1S/C11H21N3O2/c1-9-4-3-7-14(8-9)11(16)13-6-2-5-10(12)15/h9H,2-8H2,1H3,(H2,12,15)(H,13,16). The van der Waals surface area contributed by atoms with E-state index in [1.54, 1.807) is 0 Å². The molecule has 1 aliphatic heterocycles. The lowest BCUT2D eigenvalue weighted by atomic mass is 10.0. The number of rotatable bonds is 4. The first-order valence-electron chi connectivity index (χ1n) is 5.90. The average Bonchev–Trinajstić information content (AvgIpc) is 2.24. The number of hydrogen-bond donors (Lipinski definition) is 2. The van der Waals surface area contributed by atoms with E-state index in [1.807, 2.05) is 4.90 Å². The zero-order valence-corrected chi connectivity index (χ0v) is 9.87. The summed E-state index contributed by atoms with van der Waals surface area (Å²) in [7, 11) is 0. The first-order valence-corrected chi connectivity index (χ1v) is 5.90. The lowest BCUT2D eigenvalue weighted by molar-refractivity contribution is -0.118. The molecule has 0 bridgehead atoms. The van der Waals surface area contributed by atoms with Gasteiger partial charge in [0.25, 0.3) is 0 Å². The molecule has 0 radical (unpaired) electrons. The van der Waals surface area contributed by atoms with Crippen molar-refractivity contribution in [3.05, 3.63) is 0 Å². The van der Waals surface area contributed by atoms with E-state index in [-0.39, 0.29) is 11.9 Å². The molecule has 0 spiro atoms. The topological polar surface area (TPSA) is 75.4 Å². The summed E-state index contributed by atoms with van der Waals surface area (Å²) >= 11 is 0. The maximum absolute atomic E-state index is 11.7. The molecule has 0 saturated carbocycles. The van der Waals surface area contributed by atoms with Crippen molar-refractivity contribution in [3.63, 3.8) is 0 Å². The van der Waals surface area contributed by atoms with Gasteiger partial charge in [-0.15, -0.1) is 0 Å². The van der Waals surface area contributed by atoms with Crippen LogP contribution >= 0.6 is 0 Å². The number of nitrogens with two attached hydrogens (primary N) is 1. The van der Waals surface area contributed by atoms with E-state index in [0.717, 1.165) is 19.5 Å². The van der Waals surface area contributed by atoms with E-state index in [2.05, 4.69) is 12.2 Å². The molecule has 5 nitrogen and oxygen atoms in total. The molecule has 92 valence electrons. The third-order valence-electron chi connectivity index (χ3n) is 2.82. The van der Waals surface area contributed by atoms with E-state index in [9.17, 15) is 9.59 Å². The van der Waals surface area contributed by atoms with Gasteiger partial charge in [-0.05, 0) is 25.2 Å². The number of carbonyl (C=O) groups is 2. The molecule has 1 aliphatic rings. The fourth-order valence-electron chi connectivity index (χ4n) is 1.94. The number of primary amides is 1. The Bertz CT molecular complexity index is 256. The van der Waals surface area contributed by atoms with Crippen LogP contribution in [0.15, 0.2) is 0 Å². The number of likely N-dealkylation sites (tertiary alicyclic amines) is 1. The number of hydrogen-bond acceptors (Lipinski definition) is 2. The maximum atomic E-state index is 11.7.